The number of carbonyl (C=O) groups is 1. The lowest BCUT2D eigenvalue weighted by Crippen LogP contribution is -2.12. The molecule has 0 unspecified atom stereocenters. The molecule has 1 heterocycles. The van der Waals surface area contributed by atoms with Crippen molar-refractivity contribution in [2.45, 2.75) is 0 Å². The summed E-state index contributed by atoms with van der Waals surface area (Å²) in [5.41, 5.74) is 0.541. The van der Waals surface area contributed by atoms with Gasteiger partial charge in [-0.05, 0) is 23.8 Å². The fraction of sp³-hybridized carbons (Fsp3) is 0.0769. The molecule has 0 radical (unpaired) electrons. The summed E-state index contributed by atoms with van der Waals surface area (Å²) < 4.78 is 5.08. The van der Waals surface area contributed by atoms with Crippen molar-refractivity contribution in [3.63, 3.8) is 0 Å². The molecule has 0 spiro atoms. The molecular formula is C13H11NO4. The van der Waals surface area contributed by atoms with E-state index in [0.717, 1.165) is 0 Å². The Morgan fingerprint density at radius 2 is 2.06 bits per heavy atom. The first-order valence-corrected chi connectivity index (χ1v) is 5.23. The average molecular weight is 245 g/mol. The molecule has 2 aromatic rings. The normalized spacial score (nSPS) is 10.1. The Hall–Kier alpha value is -2.56. The molecule has 1 aromatic carbocycles. The predicted octanol–water partition coefficient (Wildman–Crippen LogP) is 1.75. The molecule has 5 heteroatoms. The number of methoxy groups -OCH3 is 1. The van der Waals surface area contributed by atoms with E-state index < -0.39 is 11.5 Å². The van der Waals surface area contributed by atoms with E-state index in [0.29, 0.717) is 16.9 Å². The first kappa shape index (κ1) is 11.9. The number of carboxylic acids is 1. The van der Waals surface area contributed by atoms with Crippen LogP contribution in [-0.4, -0.2) is 23.2 Å². The molecule has 0 fully saturated rings. The molecule has 5 nitrogen and oxygen atoms in total. The van der Waals surface area contributed by atoms with E-state index in [1.807, 2.05) is 0 Å². The van der Waals surface area contributed by atoms with Crippen molar-refractivity contribution in [1.29, 1.82) is 0 Å². The number of rotatable bonds is 3. The van der Waals surface area contributed by atoms with Crippen LogP contribution >= 0.6 is 0 Å². The van der Waals surface area contributed by atoms with Crippen LogP contribution in [0.5, 0.6) is 5.75 Å². The SMILES string of the molecule is COc1cccc(-c2ccc(=O)[nH]c2C(=O)O)c1. The Labute approximate surface area is 103 Å². The highest BCUT2D eigenvalue weighted by molar-refractivity contribution is 5.93. The summed E-state index contributed by atoms with van der Waals surface area (Å²) in [6.45, 7) is 0. The maximum absolute atomic E-state index is 11.2. The third-order valence-corrected chi connectivity index (χ3v) is 2.51. The van der Waals surface area contributed by atoms with E-state index in [1.165, 1.54) is 19.2 Å². The predicted molar refractivity (Wildman–Crippen MR) is 66.0 cm³/mol. The van der Waals surface area contributed by atoms with Gasteiger partial charge in [-0.15, -0.1) is 0 Å². The molecule has 1 aromatic heterocycles. The van der Waals surface area contributed by atoms with Crippen LogP contribution in [0, 0.1) is 0 Å². The number of hydrogen-bond acceptors (Lipinski definition) is 3. The molecular weight excluding hydrogens is 234 g/mol. The van der Waals surface area contributed by atoms with E-state index in [-0.39, 0.29) is 5.69 Å². The van der Waals surface area contributed by atoms with Gasteiger partial charge in [0.25, 0.3) is 0 Å². The van der Waals surface area contributed by atoms with Crippen molar-refractivity contribution in [2.75, 3.05) is 7.11 Å². The smallest absolute Gasteiger partial charge is 0.353 e. The lowest BCUT2D eigenvalue weighted by atomic mass is 10.0. The minimum absolute atomic E-state index is 0.129. The van der Waals surface area contributed by atoms with Gasteiger partial charge in [0.1, 0.15) is 11.4 Å². The van der Waals surface area contributed by atoms with E-state index in [9.17, 15) is 9.59 Å². The molecule has 0 bridgehead atoms. The number of aromatic nitrogens is 1. The van der Waals surface area contributed by atoms with Gasteiger partial charge in [-0.2, -0.15) is 0 Å². The van der Waals surface area contributed by atoms with Crippen LogP contribution in [-0.2, 0) is 0 Å². The van der Waals surface area contributed by atoms with Gasteiger partial charge in [-0.25, -0.2) is 4.79 Å². The number of H-pyrrole nitrogens is 1. The van der Waals surface area contributed by atoms with Crippen LogP contribution in [0.25, 0.3) is 11.1 Å². The summed E-state index contributed by atoms with van der Waals surface area (Å²) in [5, 5.41) is 9.08. The summed E-state index contributed by atoms with van der Waals surface area (Å²) in [4.78, 5) is 24.6. The molecule has 92 valence electrons. The third kappa shape index (κ3) is 2.24. The zero-order valence-electron chi connectivity index (χ0n) is 9.64. The zero-order valence-corrected chi connectivity index (χ0v) is 9.64. The summed E-state index contributed by atoms with van der Waals surface area (Å²) in [6, 6.07) is 9.75. The van der Waals surface area contributed by atoms with E-state index in [2.05, 4.69) is 4.98 Å². The van der Waals surface area contributed by atoms with Gasteiger partial charge in [-0.3, -0.25) is 4.79 Å². The van der Waals surface area contributed by atoms with Gasteiger partial charge in [0.05, 0.1) is 7.11 Å². The van der Waals surface area contributed by atoms with Crippen molar-refractivity contribution >= 4 is 5.97 Å². The highest BCUT2D eigenvalue weighted by atomic mass is 16.5. The fourth-order valence-electron chi connectivity index (χ4n) is 1.67. The number of aromatic carboxylic acids is 1. The van der Waals surface area contributed by atoms with Crippen molar-refractivity contribution in [3.05, 3.63) is 52.4 Å². The molecule has 18 heavy (non-hydrogen) atoms. The topological polar surface area (TPSA) is 79.4 Å². The van der Waals surface area contributed by atoms with Crippen molar-refractivity contribution in [3.8, 4) is 16.9 Å². The standard InChI is InChI=1S/C13H11NO4/c1-18-9-4-2-3-8(7-9)10-5-6-11(15)14-12(10)13(16)17/h2-7H,1H3,(H,14,15)(H,16,17). The fourth-order valence-corrected chi connectivity index (χ4v) is 1.67. The molecule has 0 aliphatic heterocycles. The van der Waals surface area contributed by atoms with Gasteiger partial charge in [0.15, 0.2) is 0 Å². The van der Waals surface area contributed by atoms with Crippen LogP contribution in [0.15, 0.2) is 41.2 Å². The zero-order chi connectivity index (χ0) is 13.1. The van der Waals surface area contributed by atoms with Crippen LogP contribution in [0.3, 0.4) is 0 Å². The Kier molecular flexibility index (Phi) is 3.14. The molecule has 2 N–H and O–H groups in total. The number of pyridine rings is 1. The second-order valence-electron chi connectivity index (χ2n) is 3.65. The number of hydrogen-bond donors (Lipinski definition) is 2. The molecule has 0 atom stereocenters. The molecule has 0 saturated carbocycles. The summed E-state index contributed by atoms with van der Waals surface area (Å²) in [6.07, 6.45) is 0. The maximum atomic E-state index is 11.2. The second-order valence-corrected chi connectivity index (χ2v) is 3.65. The minimum Gasteiger partial charge on any atom is -0.497 e. The van der Waals surface area contributed by atoms with Crippen LogP contribution < -0.4 is 10.3 Å². The quantitative estimate of drug-likeness (QED) is 0.863. The first-order chi connectivity index (χ1) is 8.61. The molecule has 2 rings (SSSR count). The number of ether oxygens (including phenoxy) is 1. The third-order valence-electron chi connectivity index (χ3n) is 2.51. The van der Waals surface area contributed by atoms with Crippen LogP contribution in [0.2, 0.25) is 0 Å². The number of benzene rings is 1. The number of nitrogens with one attached hydrogen (secondary N) is 1. The Morgan fingerprint density at radius 3 is 2.72 bits per heavy atom. The van der Waals surface area contributed by atoms with Crippen molar-refractivity contribution in [1.82, 2.24) is 4.98 Å². The Bertz CT molecular complexity index is 645. The molecule has 0 aliphatic rings. The Morgan fingerprint density at radius 1 is 1.28 bits per heavy atom. The second kappa shape index (κ2) is 4.75. The van der Waals surface area contributed by atoms with Gasteiger partial charge in [0.2, 0.25) is 5.56 Å². The number of aromatic amines is 1. The average Bonchev–Trinajstić information content (AvgIpc) is 2.38. The maximum Gasteiger partial charge on any atom is 0.353 e. The van der Waals surface area contributed by atoms with Gasteiger partial charge >= 0.3 is 5.97 Å². The number of carboxylic acid groups (broad SMARTS) is 1. The first-order valence-electron chi connectivity index (χ1n) is 5.23. The summed E-state index contributed by atoms with van der Waals surface area (Å²) in [7, 11) is 1.53. The Balaban J connectivity index is 2.62. The monoisotopic (exact) mass is 245 g/mol. The van der Waals surface area contributed by atoms with E-state index in [1.54, 1.807) is 24.3 Å². The molecule has 0 aliphatic carbocycles. The largest absolute Gasteiger partial charge is 0.497 e. The lowest BCUT2D eigenvalue weighted by Gasteiger charge is -2.07. The molecule has 0 saturated heterocycles. The van der Waals surface area contributed by atoms with Gasteiger partial charge in [-0.1, -0.05) is 12.1 Å². The lowest BCUT2D eigenvalue weighted by molar-refractivity contribution is 0.0691. The highest BCUT2D eigenvalue weighted by Crippen LogP contribution is 2.25. The van der Waals surface area contributed by atoms with Crippen LogP contribution in [0.4, 0.5) is 0 Å². The molecule has 0 amide bonds. The highest BCUT2D eigenvalue weighted by Gasteiger charge is 2.13. The van der Waals surface area contributed by atoms with Crippen molar-refractivity contribution in [2.24, 2.45) is 0 Å². The van der Waals surface area contributed by atoms with E-state index in [4.69, 9.17) is 9.84 Å². The van der Waals surface area contributed by atoms with Crippen LogP contribution in [0.1, 0.15) is 10.5 Å². The van der Waals surface area contributed by atoms with E-state index >= 15 is 0 Å². The summed E-state index contributed by atoms with van der Waals surface area (Å²) in [5.74, 6) is -0.555. The van der Waals surface area contributed by atoms with Gasteiger partial charge in [0, 0.05) is 11.6 Å². The van der Waals surface area contributed by atoms with Gasteiger partial charge < -0.3 is 14.8 Å². The minimum atomic E-state index is -1.18. The summed E-state index contributed by atoms with van der Waals surface area (Å²) >= 11 is 0. The van der Waals surface area contributed by atoms with Crippen molar-refractivity contribution < 1.29 is 14.6 Å².